The van der Waals surface area contributed by atoms with Crippen molar-refractivity contribution in [2.45, 2.75) is 15.8 Å². The van der Waals surface area contributed by atoms with Crippen LogP contribution in [0.3, 0.4) is 0 Å². The van der Waals surface area contributed by atoms with Crippen molar-refractivity contribution < 1.29 is 0 Å². The Morgan fingerprint density at radius 2 is 2.22 bits per heavy atom. The highest BCUT2D eigenvalue weighted by Gasteiger charge is 2.10. The van der Waals surface area contributed by atoms with Crippen molar-refractivity contribution in [2.75, 3.05) is 25.5 Å². The number of hydrogen-bond acceptors (Lipinski definition) is 7. The Labute approximate surface area is 114 Å². The fraction of sp³-hybridized carbons (Fsp3) is 0.364. The zero-order chi connectivity index (χ0) is 13.0. The zero-order valence-electron chi connectivity index (χ0n) is 10.3. The number of aromatic nitrogens is 3. The smallest absolute Gasteiger partial charge is 0.208 e. The molecule has 2 aromatic rings. The summed E-state index contributed by atoms with van der Waals surface area (Å²) in [5, 5.41) is 10.1. The van der Waals surface area contributed by atoms with Crippen molar-refractivity contribution in [1.82, 2.24) is 15.2 Å². The van der Waals surface area contributed by atoms with Crippen LogP contribution < -0.4 is 10.6 Å². The maximum Gasteiger partial charge on any atom is 0.208 e. The molecule has 2 N–H and O–H groups in total. The SMILES string of the molecule is CN(C)c1nnc(Sc2ncccc2CCN)s1. The van der Waals surface area contributed by atoms with E-state index in [1.54, 1.807) is 29.3 Å². The van der Waals surface area contributed by atoms with Crippen LogP contribution in [0.2, 0.25) is 0 Å². The van der Waals surface area contributed by atoms with E-state index in [-0.39, 0.29) is 0 Å². The Morgan fingerprint density at radius 1 is 1.39 bits per heavy atom. The summed E-state index contributed by atoms with van der Waals surface area (Å²) in [5.74, 6) is 0. The van der Waals surface area contributed by atoms with E-state index in [0.29, 0.717) is 6.54 Å². The molecule has 0 radical (unpaired) electrons. The topological polar surface area (TPSA) is 67.9 Å². The molecular weight excluding hydrogens is 266 g/mol. The highest BCUT2D eigenvalue weighted by atomic mass is 32.2. The van der Waals surface area contributed by atoms with Gasteiger partial charge in [-0.1, -0.05) is 17.4 Å². The normalized spacial score (nSPS) is 10.6. The Morgan fingerprint density at radius 3 is 2.89 bits per heavy atom. The summed E-state index contributed by atoms with van der Waals surface area (Å²) in [7, 11) is 3.91. The average molecular weight is 281 g/mol. The van der Waals surface area contributed by atoms with E-state index in [2.05, 4.69) is 21.2 Å². The molecule has 7 heteroatoms. The van der Waals surface area contributed by atoms with Gasteiger partial charge in [0.15, 0.2) is 4.34 Å². The fourth-order valence-corrected chi connectivity index (χ4v) is 3.16. The second-order valence-electron chi connectivity index (χ2n) is 3.85. The molecule has 5 nitrogen and oxygen atoms in total. The zero-order valence-corrected chi connectivity index (χ0v) is 12.0. The van der Waals surface area contributed by atoms with Gasteiger partial charge in [-0.3, -0.25) is 0 Å². The molecule has 0 aliphatic heterocycles. The molecule has 0 unspecified atom stereocenters. The third-order valence-electron chi connectivity index (χ3n) is 2.23. The molecule has 0 fully saturated rings. The van der Waals surface area contributed by atoms with Gasteiger partial charge in [-0.25, -0.2) is 4.98 Å². The van der Waals surface area contributed by atoms with Crippen LogP contribution in [0.25, 0.3) is 0 Å². The maximum absolute atomic E-state index is 5.60. The van der Waals surface area contributed by atoms with Crippen LogP contribution in [-0.2, 0) is 6.42 Å². The molecule has 2 heterocycles. The molecule has 0 aliphatic rings. The molecule has 0 amide bonds. The minimum atomic E-state index is 0.623. The second kappa shape index (κ2) is 6.12. The van der Waals surface area contributed by atoms with E-state index >= 15 is 0 Å². The summed E-state index contributed by atoms with van der Waals surface area (Å²) in [6, 6.07) is 3.98. The molecular formula is C11H15N5S2. The quantitative estimate of drug-likeness (QED) is 0.899. The second-order valence-corrected chi connectivity index (χ2v) is 6.05. The minimum Gasteiger partial charge on any atom is -0.353 e. The number of rotatable bonds is 5. The molecule has 2 aromatic heterocycles. The lowest BCUT2D eigenvalue weighted by Gasteiger charge is -2.05. The molecule has 0 aromatic carbocycles. The summed E-state index contributed by atoms with van der Waals surface area (Å²) < 4.78 is 0.899. The number of nitrogens with zero attached hydrogens (tertiary/aromatic N) is 4. The number of pyridine rings is 1. The highest BCUT2D eigenvalue weighted by Crippen LogP contribution is 2.33. The van der Waals surface area contributed by atoms with E-state index < -0.39 is 0 Å². The number of nitrogens with two attached hydrogens (primary N) is 1. The summed E-state index contributed by atoms with van der Waals surface area (Å²) in [5.41, 5.74) is 6.76. The van der Waals surface area contributed by atoms with E-state index in [1.807, 2.05) is 25.1 Å². The van der Waals surface area contributed by atoms with Gasteiger partial charge in [0, 0.05) is 20.3 Å². The van der Waals surface area contributed by atoms with Crippen molar-refractivity contribution in [1.29, 1.82) is 0 Å². The lowest BCUT2D eigenvalue weighted by molar-refractivity contribution is 0.908. The van der Waals surface area contributed by atoms with Crippen molar-refractivity contribution in [3.8, 4) is 0 Å². The van der Waals surface area contributed by atoms with Gasteiger partial charge in [-0.05, 0) is 36.4 Å². The first-order valence-electron chi connectivity index (χ1n) is 5.53. The van der Waals surface area contributed by atoms with Crippen LogP contribution in [0.4, 0.5) is 5.13 Å². The monoisotopic (exact) mass is 281 g/mol. The van der Waals surface area contributed by atoms with Crippen molar-refractivity contribution in [3.63, 3.8) is 0 Å². The third-order valence-corrected chi connectivity index (χ3v) is 4.43. The predicted octanol–water partition coefficient (Wildman–Crippen LogP) is 1.65. The van der Waals surface area contributed by atoms with Crippen LogP contribution in [0.15, 0.2) is 27.7 Å². The largest absolute Gasteiger partial charge is 0.353 e. The van der Waals surface area contributed by atoms with E-state index in [0.717, 1.165) is 26.5 Å². The van der Waals surface area contributed by atoms with Gasteiger partial charge in [0.05, 0.1) is 0 Å². The van der Waals surface area contributed by atoms with E-state index in [1.165, 1.54) is 0 Å². The molecule has 0 saturated carbocycles. The van der Waals surface area contributed by atoms with E-state index in [9.17, 15) is 0 Å². The van der Waals surface area contributed by atoms with Gasteiger partial charge >= 0.3 is 0 Å². The summed E-state index contributed by atoms with van der Waals surface area (Å²) in [6.45, 7) is 0.623. The van der Waals surface area contributed by atoms with Crippen molar-refractivity contribution in [3.05, 3.63) is 23.9 Å². The lowest BCUT2D eigenvalue weighted by atomic mass is 10.2. The van der Waals surface area contributed by atoms with Crippen molar-refractivity contribution in [2.24, 2.45) is 5.73 Å². The molecule has 0 atom stereocenters. The van der Waals surface area contributed by atoms with Gasteiger partial charge in [0.25, 0.3) is 0 Å². The Bertz CT molecular complexity index is 512. The Balaban J connectivity index is 2.17. The van der Waals surface area contributed by atoms with Crippen LogP contribution in [0, 0.1) is 0 Å². The standard InChI is InChI=1S/C11H15N5S2/c1-16(2)10-14-15-11(18-10)17-9-8(5-6-12)4-3-7-13-9/h3-4,7H,5-6,12H2,1-2H3. The molecule has 18 heavy (non-hydrogen) atoms. The first-order valence-corrected chi connectivity index (χ1v) is 7.16. The van der Waals surface area contributed by atoms with Gasteiger partial charge in [0.2, 0.25) is 5.13 Å². The van der Waals surface area contributed by atoms with E-state index in [4.69, 9.17) is 5.73 Å². The fourth-order valence-electron chi connectivity index (χ4n) is 1.37. The molecule has 0 bridgehead atoms. The summed E-state index contributed by atoms with van der Waals surface area (Å²) in [4.78, 5) is 6.32. The lowest BCUT2D eigenvalue weighted by Crippen LogP contribution is -2.07. The van der Waals surface area contributed by atoms with Crippen LogP contribution in [0.1, 0.15) is 5.56 Å². The van der Waals surface area contributed by atoms with Gasteiger partial charge < -0.3 is 10.6 Å². The van der Waals surface area contributed by atoms with Crippen LogP contribution in [0.5, 0.6) is 0 Å². The average Bonchev–Trinajstić information content (AvgIpc) is 2.81. The van der Waals surface area contributed by atoms with Crippen molar-refractivity contribution >= 4 is 28.2 Å². The summed E-state index contributed by atoms with van der Waals surface area (Å²) >= 11 is 3.10. The first-order chi connectivity index (χ1) is 8.70. The first kappa shape index (κ1) is 13.3. The maximum atomic E-state index is 5.60. The Kier molecular flexibility index (Phi) is 4.51. The summed E-state index contributed by atoms with van der Waals surface area (Å²) in [6.07, 6.45) is 2.62. The predicted molar refractivity (Wildman–Crippen MR) is 75.4 cm³/mol. The highest BCUT2D eigenvalue weighted by molar-refractivity contribution is 8.01. The third kappa shape index (κ3) is 3.18. The molecule has 2 rings (SSSR count). The Hall–Kier alpha value is -1.18. The molecule has 0 aliphatic carbocycles. The van der Waals surface area contributed by atoms with Gasteiger partial charge in [-0.15, -0.1) is 10.2 Å². The van der Waals surface area contributed by atoms with Gasteiger partial charge in [-0.2, -0.15) is 0 Å². The number of anilines is 1. The molecule has 0 saturated heterocycles. The van der Waals surface area contributed by atoms with Gasteiger partial charge in [0.1, 0.15) is 5.03 Å². The van der Waals surface area contributed by atoms with Crippen LogP contribution in [-0.4, -0.2) is 35.8 Å². The number of hydrogen-bond donors (Lipinski definition) is 1. The molecule has 0 spiro atoms. The molecule has 96 valence electrons. The van der Waals surface area contributed by atoms with Crippen LogP contribution >= 0.6 is 23.1 Å². The minimum absolute atomic E-state index is 0.623.